The van der Waals surface area contributed by atoms with Gasteiger partial charge < -0.3 is 9.47 Å². The molecule has 0 amide bonds. The van der Waals surface area contributed by atoms with E-state index < -0.39 is 5.97 Å². The van der Waals surface area contributed by atoms with E-state index in [0.29, 0.717) is 30.1 Å². The Bertz CT molecular complexity index is 437. The average molecular weight is 250 g/mol. The molecule has 0 spiro atoms. The van der Waals surface area contributed by atoms with Crippen LogP contribution in [0.4, 0.5) is 0 Å². The third-order valence-electron chi connectivity index (χ3n) is 2.32. The number of esters is 1. The first-order valence-electron chi connectivity index (χ1n) is 6.00. The molecule has 0 heterocycles. The van der Waals surface area contributed by atoms with Gasteiger partial charge in [0, 0.05) is 6.42 Å². The lowest BCUT2D eigenvalue weighted by Crippen LogP contribution is -2.10. The van der Waals surface area contributed by atoms with Gasteiger partial charge in [0.25, 0.3) is 0 Å². The quantitative estimate of drug-likeness (QED) is 0.727. The molecule has 0 unspecified atom stereocenters. The second-order valence-electron chi connectivity index (χ2n) is 3.85. The molecular formula is C14H18O4. The molecule has 1 aromatic rings. The molecule has 4 nitrogen and oxygen atoms in total. The molecule has 0 radical (unpaired) electrons. The molecule has 4 heteroatoms. The lowest BCUT2D eigenvalue weighted by molar-refractivity contribution is -0.116. The molecule has 0 aliphatic rings. The van der Waals surface area contributed by atoms with Crippen LogP contribution in [0.3, 0.4) is 0 Å². The van der Waals surface area contributed by atoms with Gasteiger partial charge in [-0.1, -0.05) is 0 Å². The van der Waals surface area contributed by atoms with E-state index in [4.69, 9.17) is 9.47 Å². The van der Waals surface area contributed by atoms with Gasteiger partial charge >= 0.3 is 5.97 Å². The van der Waals surface area contributed by atoms with Crippen molar-refractivity contribution in [2.75, 3.05) is 13.2 Å². The molecule has 0 fully saturated rings. The molecule has 1 aromatic carbocycles. The fourth-order valence-electron chi connectivity index (χ4n) is 1.65. The summed E-state index contributed by atoms with van der Waals surface area (Å²) >= 11 is 0. The molecule has 98 valence electrons. The van der Waals surface area contributed by atoms with Gasteiger partial charge in [0.05, 0.1) is 18.8 Å². The number of carbonyl (C=O) groups is 2. The number of Topliss-reactive ketones (excluding diaryl/α,β-unsaturated/α-hetero) is 1. The highest BCUT2D eigenvalue weighted by molar-refractivity contribution is 5.93. The van der Waals surface area contributed by atoms with Gasteiger partial charge in [-0.05, 0) is 44.5 Å². The van der Waals surface area contributed by atoms with Crippen molar-refractivity contribution in [3.05, 3.63) is 29.3 Å². The minimum absolute atomic E-state index is 0.00537. The third kappa shape index (κ3) is 3.87. The summed E-state index contributed by atoms with van der Waals surface area (Å²) in [4.78, 5) is 23.0. The van der Waals surface area contributed by atoms with Gasteiger partial charge in [-0.3, -0.25) is 4.79 Å². The van der Waals surface area contributed by atoms with Crippen LogP contribution in [-0.4, -0.2) is 25.0 Å². The van der Waals surface area contributed by atoms with E-state index in [1.807, 2.05) is 6.92 Å². The number of ether oxygens (including phenoxy) is 2. The van der Waals surface area contributed by atoms with E-state index in [9.17, 15) is 9.59 Å². The van der Waals surface area contributed by atoms with Crippen molar-refractivity contribution < 1.29 is 19.1 Å². The summed E-state index contributed by atoms with van der Waals surface area (Å²) in [5.74, 6) is 0.243. The third-order valence-corrected chi connectivity index (χ3v) is 2.32. The minimum Gasteiger partial charge on any atom is -0.494 e. The molecule has 0 aliphatic carbocycles. The van der Waals surface area contributed by atoms with Crippen molar-refractivity contribution >= 4 is 11.8 Å². The highest BCUT2D eigenvalue weighted by Crippen LogP contribution is 2.20. The van der Waals surface area contributed by atoms with E-state index in [1.165, 1.54) is 6.92 Å². The Balaban J connectivity index is 3.07. The van der Waals surface area contributed by atoms with Gasteiger partial charge in [-0.2, -0.15) is 0 Å². The Labute approximate surface area is 107 Å². The van der Waals surface area contributed by atoms with E-state index in [-0.39, 0.29) is 12.2 Å². The van der Waals surface area contributed by atoms with Gasteiger partial charge in [-0.15, -0.1) is 0 Å². The number of ketones is 1. The van der Waals surface area contributed by atoms with E-state index >= 15 is 0 Å². The topological polar surface area (TPSA) is 52.6 Å². The van der Waals surface area contributed by atoms with Crippen LogP contribution in [0.2, 0.25) is 0 Å². The van der Waals surface area contributed by atoms with Crippen LogP contribution >= 0.6 is 0 Å². The first-order valence-corrected chi connectivity index (χ1v) is 6.00. The van der Waals surface area contributed by atoms with Gasteiger partial charge in [0.2, 0.25) is 0 Å². The molecule has 0 atom stereocenters. The predicted octanol–water partition coefficient (Wildman–Crippen LogP) is 2.39. The van der Waals surface area contributed by atoms with Crippen LogP contribution in [0.25, 0.3) is 0 Å². The molecule has 18 heavy (non-hydrogen) atoms. The Kier molecular flexibility index (Phi) is 5.36. The molecule has 1 rings (SSSR count). The number of carbonyl (C=O) groups excluding carboxylic acids is 2. The highest BCUT2D eigenvalue weighted by Gasteiger charge is 2.14. The Morgan fingerprint density at radius 2 is 1.89 bits per heavy atom. The maximum atomic E-state index is 11.7. The van der Waals surface area contributed by atoms with Crippen LogP contribution in [-0.2, 0) is 16.0 Å². The van der Waals surface area contributed by atoms with Crippen LogP contribution in [0.1, 0.15) is 36.7 Å². The standard InChI is InChI=1S/C14H18O4/c1-4-17-12-6-7-13(14(16)18-5-2)11(9-12)8-10(3)15/h6-7,9H,4-5,8H2,1-3H3. The molecule has 0 N–H and O–H groups in total. The zero-order valence-electron chi connectivity index (χ0n) is 11.0. The first kappa shape index (κ1) is 14.2. The van der Waals surface area contributed by atoms with Crippen molar-refractivity contribution in [2.45, 2.75) is 27.2 Å². The first-order chi connectivity index (χ1) is 8.58. The number of rotatable bonds is 6. The Morgan fingerprint density at radius 3 is 2.44 bits per heavy atom. The van der Waals surface area contributed by atoms with Gasteiger partial charge in [-0.25, -0.2) is 4.79 Å². The monoisotopic (exact) mass is 250 g/mol. The van der Waals surface area contributed by atoms with Crippen LogP contribution < -0.4 is 4.74 Å². The van der Waals surface area contributed by atoms with E-state index in [0.717, 1.165) is 0 Å². The Morgan fingerprint density at radius 1 is 1.17 bits per heavy atom. The fourth-order valence-corrected chi connectivity index (χ4v) is 1.65. The second-order valence-corrected chi connectivity index (χ2v) is 3.85. The largest absolute Gasteiger partial charge is 0.494 e. The van der Waals surface area contributed by atoms with Crippen LogP contribution in [0.5, 0.6) is 5.75 Å². The highest BCUT2D eigenvalue weighted by atomic mass is 16.5. The maximum Gasteiger partial charge on any atom is 0.338 e. The van der Waals surface area contributed by atoms with Crippen LogP contribution in [0.15, 0.2) is 18.2 Å². The zero-order chi connectivity index (χ0) is 13.5. The zero-order valence-corrected chi connectivity index (χ0v) is 11.0. The molecule has 0 aromatic heterocycles. The van der Waals surface area contributed by atoms with Crippen molar-refractivity contribution in [3.63, 3.8) is 0 Å². The lowest BCUT2D eigenvalue weighted by atomic mass is 10.0. The molecule has 0 aliphatic heterocycles. The van der Waals surface area contributed by atoms with Crippen LogP contribution in [0, 0.1) is 0 Å². The van der Waals surface area contributed by atoms with Crippen molar-refractivity contribution in [2.24, 2.45) is 0 Å². The summed E-state index contributed by atoms with van der Waals surface area (Å²) < 4.78 is 10.3. The minimum atomic E-state index is -0.406. The number of hydrogen-bond acceptors (Lipinski definition) is 4. The predicted molar refractivity (Wildman–Crippen MR) is 68.0 cm³/mol. The number of hydrogen-bond donors (Lipinski definition) is 0. The molecular weight excluding hydrogens is 232 g/mol. The Hall–Kier alpha value is -1.84. The summed E-state index contributed by atoms with van der Waals surface area (Å²) in [5.41, 5.74) is 1.07. The van der Waals surface area contributed by atoms with E-state index in [2.05, 4.69) is 0 Å². The normalized spacial score (nSPS) is 9.94. The van der Waals surface area contributed by atoms with Crippen molar-refractivity contribution in [1.29, 1.82) is 0 Å². The second kappa shape index (κ2) is 6.79. The van der Waals surface area contributed by atoms with E-state index in [1.54, 1.807) is 25.1 Å². The molecule has 0 saturated heterocycles. The molecule has 0 saturated carbocycles. The summed E-state index contributed by atoms with van der Waals surface area (Å²) in [6, 6.07) is 5.07. The average Bonchev–Trinajstić information content (AvgIpc) is 2.29. The maximum absolute atomic E-state index is 11.7. The van der Waals surface area contributed by atoms with Crippen molar-refractivity contribution in [1.82, 2.24) is 0 Å². The smallest absolute Gasteiger partial charge is 0.338 e. The summed E-state index contributed by atoms with van der Waals surface area (Å²) in [6.07, 6.45) is 0.203. The summed E-state index contributed by atoms with van der Waals surface area (Å²) in [7, 11) is 0. The van der Waals surface area contributed by atoms with Crippen molar-refractivity contribution in [3.8, 4) is 5.75 Å². The summed E-state index contributed by atoms with van der Waals surface area (Å²) in [5, 5.41) is 0. The lowest BCUT2D eigenvalue weighted by Gasteiger charge is -2.10. The van der Waals surface area contributed by atoms with Gasteiger partial charge in [0.1, 0.15) is 11.5 Å². The van der Waals surface area contributed by atoms with Gasteiger partial charge in [0.15, 0.2) is 0 Å². The fraction of sp³-hybridized carbons (Fsp3) is 0.429. The SMILES string of the molecule is CCOC(=O)c1ccc(OCC)cc1CC(C)=O. The summed E-state index contributed by atoms with van der Waals surface area (Å²) in [6.45, 7) is 5.97. The number of benzene rings is 1. The molecule has 0 bridgehead atoms.